The highest BCUT2D eigenvalue weighted by Gasteiger charge is 2.36. The third-order valence-corrected chi connectivity index (χ3v) is 5.80. The Morgan fingerprint density at radius 2 is 1.54 bits per heavy atom. The summed E-state index contributed by atoms with van der Waals surface area (Å²) in [5.74, 6) is 0.645. The third kappa shape index (κ3) is 3.08. The fraction of sp³-hybridized carbons (Fsp3) is 0.636. The molecule has 0 aromatic rings. The number of hydrogen-bond donors (Lipinski definition) is 0. The van der Waals surface area contributed by atoms with Crippen LogP contribution >= 0.6 is 0 Å². The van der Waals surface area contributed by atoms with E-state index in [-0.39, 0.29) is 5.41 Å². The molecule has 2 nitrogen and oxygen atoms in total. The minimum Gasteiger partial charge on any atom is -0.355 e. The van der Waals surface area contributed by atoms with Crippen molar-refractivity contribution < 1.29 is 0 Å². The molecule has 0 bridgehead atoms. The predicted octanol–water partition coefficient (Wildman–Crippen LogP) is 5.47. The second kappa shape index (κ2) is 6.13. The molecule has 3 aliphatic rings. The van der Waals surface area contributed by atoms with E-state index in [0.29, 0.717) is 5.92 Å². The molecule has 0 aromatic carbocycles. The quantitative estimate of drug-likeness (QED) is 0.663. The van der Waals surface area contributed by atoms with Crippen molar-refractivity contribution in [2.24, 2.45) is 11.3 Å². The van der Waals surface area contributed by atoms with Crippen molar-refractivity contribution in [1.82, 2.24) is 9.80 Å². The van der Waals surface area contributed by atoms with Gasteiger partial charge in [-0.25, -0.2) is 0 Å². The number of hydrogen-bond acceptors (Lipinski definition) is 2. The van der Waals surface area contributed by atoms with Crippen LogP contribution in [0.1, 0.15) is 61.3 Å². The van der Waals surface area contributed by atoms with Crippen molar-refractivity contribution in [3.05, 3.63) is 45.8 Å². The average molecular weight is 327 g/mol. The third-order valence-electron chi connectivity index (χ3n) is 5.80. The summed E-state index contributed by atoms with van der Waals surface area (Å²) in [5.41, 5.74) is 9.34. The molecule has 1 unspecified atom stereocenters. The SMILES string of the molecule is CC1=CC(C)=C(N2CCN(C3=C(C)C=C(C)CC3(C)C)C2)C(C)C1. The summed E-state index contributed by atoms with van der Waals surface area (Å²) in [5, 5.41) is 0. The van der Waals surface area contributed by atoms with Gasteiger partial charge in [0, 0.05) is 35.8 Å². The van der Waals surface area contributed by atoms with Gasteiger partial charge < -0.3 is 9.80 Å². The van der Waals surface area contributed by atoms with Crippen LogP contribution in [0.15, 0.2) is 45.8 Å². The van der Waals surface area contributed by atoms with Crippen LogP contribution in [0.3, 0.4) is 0 Å². The second-order valence-corrected chi connectivity index (χ2v) is 8.92. The zero-order valence-corrected chi connectivity index (χ0v) is 16.7. The summed E-state index contributed by atoms with van der Waals surface area (Å²) in [4.78, 5) is 5.26. The molecule has 1 atom stereocenters. The minimum absolute atomic E-state index is 0.247. The maximum atomic E-state index is 2.64. The van der Waals surface area contributed by atoms with Gasteiger partial charge in [-0.1, -0.05) is 44.1 Å². The van der Waals surface area contributed by atoms with Crippen molar-refractivity contribution in [3.8, 4) is 0 Å². The van der Waals surface area contributed by atoms with Gasteiger partial charge in [0.05, 0.1) is 6.67 Å². The lowest BCUT2D eigenvalue weighted by molar-refractivity contribution is 0.242. The predicted molar refractivity (Wildman–Crippen MR) is 103 cm³/mol. The summed E-state index contributed by atoms with van der Waals surface area (Å²) in [6.07, 6.45) is 7.16. The average Bonchev–Trinajstić information content (AvgIpc) is 2.83. The van der Waals surface area contributed by atoms with Crippen LogP contribution in [0.5, 0.6) is 0 Å². The fourth-order valence-corrected chi connectivity index (χ4v) is 5.48. The zero-order valence-electron chi connectivity index (χ0n) is 16.7. The molecule has 2 aliphatic carbocycles. The standard InChI is InChI=1S/C22H34N2/c1-15-10-17(3)20(18(4)11-15)23-8-9-24(14-23)21-19(5)12-16(2)13-22(21,6)7/h10,12,18H,8-9,11,13-14H2,1-7H3. The molecule has 1 heterocycles. The lowest BCUT2D eigenvalue weighted by Crippen LogP contribution is -2.35. The van der Waals surface area contributed by atoms with Crippen LogP contribution in [-0.2, 0) is 0 Å². The van der Waals surface area contributed by atoms with Gasteiger partial charge in [-0.05, 0) is 51.7 Å². The number of rotatable bonds is 2. The number of nitrogens with zero attached hydrogens (tertiary/aromatic N) is 2. The van der Waals surface area contributed by atoms with Crippen LogP contribution in [0.25, 0.3) is 0 Å². The lowest BCUT2D eigenvalue weighted by atomic mass is 9.76. The molecular weight excluding hydrogens is 292 g/mol. The van der Waals surface area contributed by atoms with E-state index >= 15 is 0 Å². The molecule has 0 radical (unpaired) electrons. The molecule has 0 N–H and O–H groups in total. The van der Waals surface area contributed by atoms with Gasteiger partial charge in [0.25, 0.3) is 0 Å². The van der Waals surface area contributed by atoms with Crippen LogP contribution in [0.2, 0.25) is 0 Å². The Hall–Kier alpha value is -1.44. The topological polar surface area (TPSA) is 6.48 Å². The van der Waals surface area contributed by atoms with Gasteiger partial charge in [-0.2, -0.15) is 0 Å². The Morgan fingerprint density at radius 3 is 2.17 bits per heavy atom. The van der Waals surface area contributed by atoms with E-state index in [4.69, 9.17) is 0 Å². The normalized spacial score (nSPS) is 27.7. The van der Waals surface area contributed by atoms with Gasteiger partial charge in [-0.15, -0.1) is 0 Å². The molecule has 132 valence electrons. The Morgan fingerprint density at radius 1 is 0.917 bits per heavy atom. The van der Waals surface area contributed by atoms with Crippen LogP contribution < -0.4 is 0 Å². The van der Waals surface area contributed by atoms with Crippen LogP contribution in [-0.4, -0.2) is 29.6 Å². The lowest BCUT2D eigenvalue weighted by Gasteiger charge is -2.40. The van der Waals surface area contributed by atoms with E-state index < -0.39 is 0 Å². The largest absolute Gasteiger partial charge is 0.355 e. The Labute approximate surface area is 148 Å². The van der Waals surface area contributed by atoms with E-state index in [0.717, 1.165) is 19.8 Å². The van der Waals surface area contributed by atoms with E-state index in [1.807, 2.05) is 0 Å². The van der Waals surface area contributed by atoms with E-state index in [9.17, 15) is 0 Å². The summed E-state index contributed by atoms with van der Waals surface area (Å²) in [6, 6.07) is 0. The first-order chi connectivity index (χ1) is 11.2. The monoisotopic (exact) mass is 326 g/mol. The van der Waals surface area contributed by atoms with E-state index in [2.05, 4.69) is 70.4 Å². The maximum Gasteiger partial charge on any atom is 0.0899 e. The van der Waals surface area contributed by atoms with Gasteiger partial charge in [0.2, 0.25) is 0 Å². The van der Waals surface area contributed by atoms with Crippen molar-refractivity contribution in [3.63, 3.8) is 0 Å². The van der Waals surface area contributed by atoms with E-state index in [1.165, 1.54) is 35.1 Å². The maximum absolute atomic E-state index is 2.64. The van der Waals surface area contributed by atoms with Gasteiger partial charge in [0.1, 0.15) is 0 Å². The van der Waals surface area contributed by atoms with Crippen LogP contribution in [0.4, 0.5) is 0 Å². The molecule has 1 saturated heterocycles. The number of allylic oxidation sites excluding steroid dienone is 8. The summed E-state index contributed by atoms with van der Waals surface area (Å²) in [6.45, 7) is 19.7. The second-order valence-electron chi connectivity index (χ2n) is 8.92. The van der Waals surface area contributed by atoms with E-state index in [1.54, 1.807) is 11.4 Å². The molecule has 0 saturated carbocycles. The molecule has 1 aliphatic heterocycles. The molecule has 0 aromatic heterocycles. The summed E-state index contributed by atoms with van der Waals surface area (Å²) < 4.78 is 0. The molecule has 24 heavy (non-hydrogen) atoms. The Balaban J connectivity index is 1.86. The molecule has 2 heteroatoms. The molecule has 0 spiro atoms. The summed E-state index contributed by atoms with van der Waals surface area (Å²) >= 11 is 0. The summed E-state index contributed by atoms with van der Waals surface area (Å²) in [7, 11) is 0. The molecule has 0 amide bonds. The highest BCUT2D eigenvalue weighted by atomic mass is 15.4. The van der Waals surface area contributed by atoms with Crippen molar-refractivity contribution in [1.29, 1.82) is 0 Å². The van der Waals surface area contributed by atoms with Gasteiger partial charge in [-0.3, -0.25) is 0 Å². The Bertz CT molecular complexity index is 657. The fourth-order valence-electron chi connectivity index (χ4n) is 5.48. The zero-order chi connectivity index (χ0) is 17.6. The Kier molecular flexibility index (Phi) is 4.44. The van der Waals surface area contributed by atoms with Gasteiger partial charge >= 0.3 is 0 Å². The van der Waals surface area contributed by atoms with Crippen molar-refractivity contribution in [2.75, 3.05) is 19.8 Å². The van der Waals surface area contributed by atoms with Crippen molar-refractivity contribution >= 4 is 0 Å². The highest BCUT2D eigenvalue weighted by Crippen LogP contribution is 2.43. The first-order valence-corrected chi connectivity index (χ1v) is 9.45. The molecule has 1 fully saturated rings. The first kappa shape index (κ1) is 17.4. The smallest absolute Gasteiger partial charge is 0.0899 e. The van der Waals surface area contributed by atoms with Crippen molar-refractivity contribution in [2.45, 2.75) is 61.3 Å². The van der Waals surface area contributed by atoms with Crippen LogP contribution in [0, 0.1) is 11.3 Å². The highest BCUT2D eigenvalue weighted by molar-refractivity contribution is 5.37. The minimum atomic E-state index is 0.247. The van der Waals surface area contributed by atoms with Gasteiger partial charge in [0.15, 0.2) is 0 Å². The molecular formula is C22H34N2. The molecule has 3 rings (SSSR count). The first-order valence-electron chi connectivity index (χ1n) is 9.45.